The summed E-state index contributed by atoms with van der Waals surface area (Å²) in [6.07, 6.45) is 1.51. The molecule has 1 saturated heterocycles. The molecule has 3 N–H and O–H groups in total. The number of aryl methyl sites for hydroxylation is 2. The van der Waals surface area contributed by atoms with Crippen LogP contribution >= 0.6 is 0 Å². The van der Waals surface area contributed by atoms with Crippen molar-refractivity contribution < 1.29 is 13.2 Å². The van der Waals surface area contributed by atoms with E-state index in [-0.39, 0.29) is 22.2 Å². The van der Waals surface area contributed by atoms with E-state index in [0.29, 0.717) is 61.0 Å². The molecule has 32 heavy (non-hydrogen) atoms. The minimum absolute atomic E-state index is 0.116. The molecular formula is C21H28N6O4S. The van der Waals surface area contributed by atoms with Crippen LogP contribution in [0.5, 0.6) is 5.75 Å². The van der Waals surface area contributed by atoms with Gasteiger partial charge in [0.1, 0.15) is 11.6 Å². The van der Waals surface area contributed by atoms with E-state index < -0.39 is 10.0 Å². The molecule has 0 aliphatic carbocycles. The van der Waals surface area contributed by atoms with Crippen molar-refractivity contribution in [3.8, 4) is 17.1 Å². The Bertz CT molecular complexity index is 1310. The van der Waals surface area contributed by atoms with Crippen LogP contribution in [-0.4, -0.2) is 58.5 Å². The molecule has 4 rings (SSSR count). The third-order valence-electron chi connectivity index (χ3n) is 5.62. The van der Waals surface area contributed by atoms with E-state index in [1.165, 1.54) is 16.4 Å². The Morgan fingerprint density at radius 2 is 2.03 bits per heavy atom. The number of aromatic amines is 1. The van der Waals surface area contributed by atoms with Gasteiger partial charge in [-0.05, 0) is 50.9 Å². The van der Waals surface area contributed by atoms with Gasteiger partial charge >= 0.3 is 0 Å². The number of imidazole rings is 1. The zero-order valence-electron chi connectivity index (χ0n) is 18.5. The van der Waals surface area contributed by atoms with E-state index in [2.05, 4.69) is 15.1 Å². The molecule has 0 atom stereocenters. The van der Waals surface area contributed by atoms with E-state index in [4.69, 9.17) is 10.5 Å². The van der Waals surface area contributed by atoms with Crippen LogP contribution in [0.15, 0.2) is 27.9 Å². The Morgan fingerprint density at radius 1 is 1.28 bits per heavy atom. The van der Waals surface area contributed by atoms with Gasteiger partial charge in [-0.25, -0.2) is 17.9 Å². The Hall–Kier alpha value is -2.76. The quantitative estimate of drug-likeness (QED) is 0.517. The van der Waals surface area contributed by atoms with Gasteiger partial charge < -0.3 is 15.5 Å². The Morgan fingerprint density at radius 3 is 2.69 bits per heavy atom. The first-order valence-electron chi connectivity index (χ1n) is 10.8. The third-order valence-corrected chi connectivity index (χ3v) is 7.44. The predicted molar refractivity (Wildman–Crippen MR) is 120 cm³/mol. The summed E-state index contributed by atoms with van der Waals surface area (Å²) in [6, 6.07) is 4.62. The fourth-order valence-corrected chi connectivity index (χ4v) is 5.51. The number of nitrogens with one attached hydrogen (secondary N) is 1. The minimum Gasteiger partial charge on any atom is -0.493 e. The minimum atomic E-state index is -3.69. The first-order chi connectivity index (χ1) is 15.3. The van der Waals surface area contributed by atoms with E-state index in [1.54, 1.807) is 17.5 Å². The first kappa shape index (κ1) is 22.4. The van der Waals surface area contributed by atoms with Gasteiger partial charge in [-0.2, -0.15) is 4.31 Å². The van der Waals surface area contributed by atoms with E-state index in [9.17, 15) is 13.2 Å². The number of H-pyrrole nitrogens is 1. The number of rotatable bonds is 8. The van der Waals surface area contributed by atoms with Crippen molar-refractivity contribution >= 4 is 15.5 Å². The van der Waals surface area contributed by atoms with E-state index >= 15 is 0 Å². The van der Waals surface area contributed by atoms with Gasteiger partial charge in [0.15, 0.2) is 11.3 Å². The highest BCUT2D eigenvalue weighted by atomic mass is 32.2. The van der Waals surface area contributed by atoms with Crippen molar-refractivity contribution in [3.05, 3.63) is 40.1 Å². The Kier molecular flexibility index (Phi) is 6.06. The zero-order valence-corrected chi connectivity index (χ0v) is 19.3. The summed E-state index contributed by atoms with van der Waals surface area (Å²) in [7, 11) is -3.69. The average molecular weight is 461 g/mol. The molecule has 0 amide bonds. The van der Waals surface area contributed by atoms with Gasteiger partial charge in [0, 0.05) is 19.5 Å². The molecule has 0 saturated carbocycles. The number of hydrogen-bond acceptors (Lipinski definition) is 7. The first-order valence-corrected chi connectivity index (χ1v) is 12.2. The smallest absolute Gasteiger partial charge is 0.277 e. The number of aromatic nitrogens is 4. The van der Waals surface area contributed by atoms with Gasteiger partial charge in [0.05, 0.1) is 22.8 Å². The molecule has 0 unspecified atom stereocenters. The molecular weight excluding hydrogens is 432 g/mol. The van der Waals surface area contributed by atoms with Crippen LogP contribution in [0.3, 0.4) is 0 Å². The van der Waals surface area contributed by atoms with Crippen molar-refractivity contribution in [1.29, 1.82) is 0 Å². The fourth-order valence-electron chi connectivity index (χ4n) is 3.90. The lowest BCUT2D eigenvalue weighted by molar-refractivity contribution is 0.207. The SMILES string of the molecule is CCCc1nc(C)c2c(=O)[nH]c(-c3cc(S(=O)(=O)N4CC(CN)C4)ccc3OCC)nn12. The number of fused-ring (bicyclic) bond motifs is 1. The molecule has 3 aromatic rings. The summed E-state index contributed by atoms with van der Waals surface area (Å²) >= 11 is 0. The van der Waals surface area contributed by atoms with Crippen LogP contribution in [0.25, 0.3) is 16.9 Å². The Balaban J connectivity index is 1.85. The molecule has 3 heterocycles. The molecule has 1 aromatic carbocycles. The van der Waals surface area contributed by atoms with Crippen LogP contribution in [-0.2, 0) is 16.4 Å². The van der Waals surface area contributed by atoms with Crippen LogP contribution in [0, 0.1) is 12.8 Å². The highest BCUT2D eigenvalue weighted by Gasteiger charge is 2.36. The van der Waals surface area contributed by atoms with Crippen molar-refractivity contribution in [2.45, 2.75) is 38.5 Å². The lowest BCUT2D eigenvalue weighted by Crippen LogP contribution is -2.52. The summed E-state index contributed by atoms with van der Waals surface area (Å²) in [5.74, 6) is 1.52. The number of hydrogen-bond donors (Lipinski definition) is 2. The summed E-state index contributed by atoms with van der Waals surface area (Å²) < 4.78 is 34.8. The molecule has 0 spiro atoms. The number of sulfonamides is 1. The number of benzene rings is 1. The number of nitrogens with zero attached hydrogens (tertiary/aromatic N) is 4. The molecule has 0 radical (unpaired) electrons. The van der Waals surface area contributed by atoms with Crippen molar-refractivity contribution in [2.75, 3.05) is 26.2 Å². The van der Waals surface area contributed by atoms with Crippen LogP contribution in [0.2, 0.25) is 0 Å². The molecule has 1 fully saturated rings. The van der Waals surface area contributed by atoms with E-state index in [1.807, 2.05) is 13.8 Å². The van der Waals surface area contributed by atoms with Gasteiger partial charge in [0.2, 0.25) is 10.0 Å². The van der Waals surface area contributed by atoms with Crippen LogP contribution in [0.4, 0.5) is 0 Å². The summed E-state index contributed by atoms with van der Waals surface area (Å²) in [5, 5.41) is 4.61. The second-order valence-electron chi connectivity index (χ2n) is 7.94. The molecule has 1 aliphatic heterocycles. The van der Waals surface area contributed by atoms with Gasteiger partial charge in [-0.15, -0.1) is 5.10 Å². The third kappa shape index (κ3) is 3.80. The van der Waals surface area contributed by atoms with Gasteiger partial charge in [0.25, 0.3) is 5.56 Å². The maximum Gasteiger partial charge on any atom is 0.277 e. The second kappa shape index (κ2) is 8.64. The Labute approximate surface area is 186 Å². The monoisotopic (exact) mass is 460 g/mol. The van der Waals surface area contributed by atoms with Crippen LogP contribution < -0.4 is 16.0 Å². The summed E-state index contributed by atoms with van der Waals surface area (Å²) in [5.41, 5.74) is 6.68. The number of nitrogens with two attached hydrogens (primary N) is 1. The van der Waals surface area contributed by atoms with E-state index in [0.717, 1.165) is 6.42 Å². The maximum atomic E-state index is 13.1. The predicted octanol–water partition coefficient (Wildman–Crippen LogP) is 1.32. The summed E-state index contributed by atoms with van der Waals surface area (Å²) in [4.78, 5) is 20.2. The zero-order chi connectivity index (χ0) is 23.0. The maximum absolute atomic E-state index is 13.1. The highest BCUT2D eigenvalue weighted by Crippen LogP contribution is 2.33. The lowest BCUT2D eigenvalue weighted by atomic mass is 10.0. The topological polar surface area (TPSA) is 136 Å². The van der Waals surface area contributed by atoms with Crippen molar-refractivity contribution in [1.82, 2.24) is 23.9 Å². The van der Waals surface area contributed by atoms with Crippen molar-refractivity contribution in [2.24, 2.45) is 11.7 Å². The largest absolute Gasteiger partial charge is 0.493 e. The lowest BCUT2D eigenvalue weighted by Gasteiger charge is -2.37. The molecule has 11 heteroatoms. The molecule has 10 nitrogen and oxygen atoms in total. The van der Waals surface area contributed by atoms with Crippen LogP contribution in [0.1, 0.15) is 31.8 Å². The average Bonchev–Trinajstić information content (AvgIpc) is 3.03. The summed E-state index contributed by atoms with van der Waals surface area (Å²) in [6.45, 7) is 7.26. The standard InChI is InChI=1S/C21H28N6O4S/c1-4-6-18-23-13(3)19-21(28)24-20(25-27(18)19)16-9-15(7-8-17(16)31-5-2)32(29,30)26-11-14(10-22)12-26/h7-9,14H,4-6,10-12,22H2,1-3H3,(H,24,25,28). The van der Waals surface area contributed by atoms with Crippen molar-refractivity contribution in [3.63, 3.8) is 0 Å². The highest BCUT2D eigenvalue weighted by molar-refractivity contribution is 7.89. The second-order valence-corrected chi connectivity index (χ2v) is 9.88. The fraction of sp³-hybridized carbons (Fsp3) is 0.476. The molecule has 0 bridgehead atoms. The molecule has 172 valence electrons. The molecule has 1 aliphatic rings. The van der Waals surface area contributed by atoms with Gasteiger partial charge in [-0.1, -0.05) is 6.92 Å². The van der Waals surface area contributed by atoms with Gasteiger partial charge in [-0.3, -0.25) is 4.79 Å². The number of ether oxygens (including phenoxy) is 1. The normalized spacial score (nSPS) is 15.2. The molecule has 2 aromatic heterocycles.